The van der Waals surface area contributed by atoms with E-state index in [1.807, 2.05) is 13.8 Å². The Morgan fingerprint density at radius 1 is 1.45 bits per heavy atom. The number of rotatable bonds is 6. The molecule has 1 aromatic rings. The number of carbonyl (C=O) groups excluding carboxylic acids is 1. The Balaban J connectivity index is 3.04. The van der Waals surface area contributed by atoms with Crippen LogP contribution in [0.15, 0.2) is 22.7 Å². The van der Waals surface area contributed by atoms with Gasteiger partial charge in [-0.3, -0.25) is 14.9 Å². The summed E-state index contributed by atoms with van der Waals surface area (Å²) in [7, 11) is 0. The number of aliphatic hydroxyl groups is 1. The lowest BCUT2D eigenvalue weighted by Crippen LogP contribution is -2.50. The van der Waals surface area contributed by atoms with Crippen molar-refractivity contribution in [3.8, 4) is 0 Å². The van der Waals surface area contributed by atoms with Crippen LogP contribution in [0.2, 0.25) is 0 Å². The molecule has 1 aromatic carbocycles. The lowest BCUT2D eigenvalue weighted by atomic mass is 9.93. The van der Waals surface area contributed by atoms with Crippen molar-refractivity contribution in [2.24, 2.45) is 0 Å². The van der Waals surface area contributed by atoms with Gasteiger partial charge in [0.1, 0.15) is 0 Å². The summed E-state index contributed by atoms with van der Waals surface area (Å²) >= 11 is 3.07. The molecule has 0 aliphatic carbocycles. The van der Waals surface area contributed by atoms with Gasteiger partial charge in [-0.1, -0.05) is 13.8 Å². The minimum Gasteiger partial charge on any atom is -0.394 e. The van der Waals surface area contributed by atoms with Crippen molar-refractivity contribution < 1.29 is 14.8 Å². The highest BCUT2D eigenvalue weighted by Crippen LogP contribution is 2.26. The summed E-state index contributed by atoms with van der Waals surface area (Å²) in [6, 6.07) is 4.18. The smallest absolute Gasteiger partial charge is 0.284 e. The van der Waals surface area contributed by atoms with Gasteiger partial charge in [-0.25, -0.2) is 0 Å². The number of halogens is 1. The summed E-state index contributed by atoms with van der Waals surface area (Å²) in [5.41, 5.74) is -0.668. The molecule has 0 aliphatic rings. The summed E-state index contributed by atoms with van der Waals surface area (Å²) in [6.45, 7) is 3.55. The van der Waals surface area contributed by atoms with Gasteiger partial charge >= 0.3 is 0 Å². The number of amides is 1. The maximum atomic E-state index is 12.2. The number of hydrogen-bond acceptors (Lipinski definition) is 4. The number of nitrogens with zero attached hydrogens (tertiary/aromatic N) is 1. The van der Waals surface area contributed by atoms with E-state index < -0.39 is 16.4 Å². The van der Waals surface area contributed by atoms with Gasteiger partial charge in [0.2, 0.25) is 0 Å². The molecule has 110 valence electrons. The average Bonchev–Trinajstić information content (AvgIpc) is 2.45. The predicted octanol–water partition coefficient (Wildman–Crippen LogP) is 2.64. The summed E-state index contributed by atoms with van der Waals surface area (Å²) in [5.74, 6) is -0.432. The van der Waals surface area contributed by atoms with Crippen LogP contribution in [-0.4, -0.2) is 28.1 Å². The van der Waals surface area contributed by atoms with Gasteiger partial charge in [-0.15, -0.1) is 0 Å². The van der Waals surface area contributed by atoms with Crippen LogP contribution in [0, 0.1) is 10.1 Å². The molecule has 6 nitrogen and oxygen atoms in total. The molecule has 20 heavy (non-hydrogen) atoms. The molecule has 0 spiro atoms. The van der Waals surface area contributed by atoms with Gasteiger partial charge in [-0.2, -0.15) is 0 Å². The molecule has 0 heterocycles. The van der Waals surface area contributed by atoms with Crippen molar-refractivity contribution >= 4 is 27.5 Å². The van der Waals surface area contributed by atoms with Crippen LogP contribution in [0.5, 0.6) is 0 Å². The molecule has 2 N–H and O–H groups in total. The lowest BCUT2D eigenvalue weighted by Gasteiger charge is -2.30. The third-order valence-electron chi connectivity index (χ3n) is 3.44. The van der Waals surface area contributed by atoms with Crippen molar-refractivity contribution in [1.82, 2.24) is 5.32 Å². The topological polar surface area (TPSA) is 92.5 Å². The SMILES string of the molecule is CCC(CC)(CO)NC(=O)c1ccc(Br)c([N+](=O)[O-])c1. The van der Waals surface area contributed by atoms with Crippen LogP contribution in [-0.2, 0) is 0 Å². The molecule has 0 unspecified atom stereocenters. The predicted molar refractivity (Wildman–Crippen MR) is 78.7 cm³/mol. The number of nitrogens with one attached hydrogen (secondary N) is 1. The van der Waals surface area contributed by atoms with Crippen LogP contribution in [0.1, 0.15) is 37.0 Å². The van der Waals surface area contributed by atoms with Gasteiger partial charge in [-0.05, 0) is 40.9 Å². The van der Waals surface area contributed by atoms with Gasteiger partial charge < -0.3 is 10.4 Å². The molecule has 0 aromatic heterocycles. The molecule has 0 bridgehead atoms. The highest BCUT2D eigenvalue weighted by Gasteiger charge is 2.28. The molecule has 0 radical (unpaired) electrons. The fourth-order valence-corrected chi connectivity index (χ4v) is 2.19. The number of hydrogen-bond donors (Lipinski definition) is 2. The molecule has 7 heteroatoms. The maximum absolute atomic E-state index is 12.2. The van der Waals surface area contributed by atoms with Crippen molar-refractivity contribution in [1.29, 1.82) is 0 Å². The molecule has 0 saturated heterocycles. The molecular weight excluding hydrogens is 328 g/mol. The first kappa shape index (κ1) is 16.6. The fraction of sp³-hybridized carbons (Fsp3) is 0.462. The lowest BCUT2D eigenvalue weighted by molar-refractivity contribution is -0.385. The Bertz CT molecular complexity index is 507. The van der Waals surface area contributed by atoms with E-state index in [1.165, 1.54) is 18.2 Å². The first-order valence-electron chi connectivity index (χ1n) is 6.26. The summed E-state index contributed by atoms with van der Waals surface area (Å²) in [6.07, 6.45) is 1.15. The second kappa shape index (κ2) is 6.81. The normalized spacial score (nSPS) is 11.2. The van der Waals surface area contributed by atoms with Crippen molar-refractivity contribution in [3.05, 3.63) is 38.3 Å². The zero-order valence-corrected chi connectivity index (χ0v) is 12.9. The zero-order valence-electron chi connectivity index (χ0n) is 11.4. The Kier molecular flexibility index (Phi) is 5.64. The van der Waals surface area contributed by atoms with E-state index in [0.29, 0.717) is 17.3 Å². The fourth-order valence-electron chi connectivity index (χ4n) is 1.80. The highest BCUT2D eigenvalue weighted by molar-refractivity contribution is 9.10. The summed E-state index contributed by atoms with van der Waals surface area (Å²) in [5, 5.41) is 23.0. The van der Waals surface area contributed by atoms with E-state index in [4.69, 9.17) is 0 Å². The first-order valence-corrected chi connectivity index (χ1v) is 7.05. The second-order valence-corrected chi connectivity index (χ2v) is 5.38. The quantitative estimate of drug-likeness (QED) is 0.612. The largest absolute Gasteiger partial charge is 0.394 e. The van der Waals surface area contributed by atoms with Crippen LogP contribution < -0.4 is 5.32 Å². The van der Waals surface area contributed by atoms with E-state index in [9.17, 15) is 20.0 Å². The minimum atomic E-state index is -0.695. The Hall–Kier alpha value is -1.47. The van der Waals surface area contributed by atoms with Crippen molar-refractivity contribution in [2.45, 2.75) is 32.2 Å². The van der Waals surface area contributed by atoms with E-state index in [2.05, 4.69) is 21.2 Å². The highest BCUT2D eigenvalue weighted by atomic mass is 79.9. The van der Waals surface area contributed by atoms with E-state index in [0.717, 1.165) is 0 Å². The molecule has 1 rings (SSSR count). The number of nitro benzene ring substituents is 1. The summed E-state index contributed by atoms with van der Waals surface area (Å²) in [4.78, 5) is 22.5. The molecule has 0 saturated carbocycles. The van der Waals surface area contributed by atoms with Crippen LogP contribution in [0.3, 0.4) is 0 Å². The number of benzene rings is 1. The van der Waals surface area contributed by atoms with Crippen molar-refractivity contribution in [3.63, 3.8) is 0 Å². The van der Waals surface area contributed by atoms with Crippen LogP contribution >= 0.6 is 15.9 Å². The third-order valence-corrected chi connectivity index (χ3v) is 4.11. The molecule has 0 aliphatic heterocycles. The summed E-state index contributed by atoms with van der Waals surface area (Å²) < 4.78 is 0.318. The Morgan fingerprint density at radius 3 is 2.50 bits per heavy atom. The van der Waals surface area contributed by atoms with Crippen LogP contribution in [0.4, 0.5) is 5.69 Å². The monoisotopic (exact) mass is 344 g/mol. The van der Waals surface area contributed by atoms with Crippen LogP contribution in [0.25, 0.3) is 0 Å². The first-order chi connectivity index (χ1) is 9.39. The molecule has 0 atom stereocenters. The van der Waals surface area contributed by atoms with E-state index >= 15 is 0 Å². The Morgan fingerprint density at radius 2 is 2.05 bits per heavy atom. The van der Waals surface area contributed by atoms with Gasteiger partial charge in [0.05, 0.1) is 21.5 Å². The third kappa shape index (κ3) is 3.55. The minimum absolute atomic E-state index is 0.166. The molecular formula is C13H17BrN2O4. The van der Waals surface area contributed by atoms with E-state index in [-0.39, 0.29) is 17.9 Å². The molecule has 0 fully saturated rings. The standard InChI is InChI=1S/C13H17BrN2O4/c1-3-13(4-2,8-17)15-12(18)9-5-6-10(14)11(7-9)16(19)20/h5-7,17H,3-4,8H2,1-2H3,(H,15,18). The zero-order chi connectivity index (χ0) is 15.3. The van der Waals surface area contributed by atoms with Gasteiger partial charge in [0.25, 0.3) is 11.6 Å². The number of aliphatic hydroxyl groups excluding tert-OH is 1. The second-order valence-electron chi connectivity index (χ2n) is 4.52. The number of nitro groups is 1. The van der Waals surface area contributed by atoms with Gasteiger partial charge in [0, 0.05) is 11.6 Å². The maximum Gasteiger partial charge on any atom is 0.284 e. The average molecular weight is 345 g/mol. The van der Waals surface area contributed by atoms with Gasteiger partial charge in [0.15, 0.2) is 0 Å². The van der Waals surface area contributed by atoms with Crippen molar-refractivity contribution in [2.75, 3.05) is 6.61 Å². The number of carbonyl (C=O) groups is 1. The van der Waals surface area contributed by atoms with E-state index in [1.54, 1.807) is 0 Å². The molecule has 1 amide bonds. The Labute approximate surface area is 125 Å².